The monoisotopic (exact) mass is 499 g/mol. The third-order valence-electron chi connectivity index (χ3n) is 5.10. The Labute approximate surface area is 210 Å². The number of nitrogens with one attached hydrogen (secondary N) is 2. The minimum Gasteiger partial charge on any atom is -0.387 e. The number of thiazole rings is 1. The number of rotatable bonds is 7. The molecule has 10 heteroatoms. The number of hydrogen-bond donors (Lipinski definition) is 3. The number of fused-ring (bicyclic) bond motifs is 1. The van der Waals surface area contributed by atoms with E-state index >= 15 is 0 Å². The van der Waals surface area contributed by atoms with E-state index in [1.807, 2.05) is 6.07 Å². The maximum Gasteiger partial charge on any atom is 0.281 e. The van der Waals surface area contributed by atoms with Gasteiger partial charge >= 0.3 is 0 Å². The Balaban J connectivity index is 1.53. The highest BCUT2D eigenvalue weighted by atomic mass is 32.1. The van der Waals surface area contributed by atoms with Crippen LogP contribution in [-0.4, -0.2) is 34.8 Å². The van der Waals surface area contributed by atoms with Crippen LogP contribution in [0, 0.1) is 0 Å². The molecule has 180 valence electrons. The molecular weight excluding hydrogens is 478 g/mol. The van der Waals surface area contributed by atoms with Gasteiger partial charge in [0.05, 0.1) is 21.3 Å². The molecule has 0 aliphatic heterocycles. The molecule has 1 atom stereocenters. The second-order valence-electron chi connectivity index (χ2n) is 7.76. The summed E-state index contributed by atoms with van der Waals surface area (Å²) in [6.07, 6.45) is 0.664. The van der Waals surface area contributed by atoms with Crippen molar-refractivity contribution in [2.24, 2.45) is 10.7 Å². The van der Waals surface area contributed by atoms with Crippen LogP contribution >= 0.6 is 11.3 Å². The van der Waals surface area contributed by atoms with E-state index in [1.165, 1.54) is 19.1 Å². The van der Waals surface area contributed by atoms with E-state index in [2.05, 4.69) is 20.6 Å². The van der Waals surface area contributed by atoms with Crippen molar-refractivity contribution in [3.63, 3.8) is 0 Å². The van der Waals surface area contributed by atoms with E-state index in [-0.39, 0.29) is 22.0 Å². The largest absolute Gasteiger partial charge is 0.387 e. The third kappa shape index (κ3) is 5.50. The lowest BCUT2D eigenvalue weighted by molar-refractivity contribution is -0.109. The van der Waals surface area contributed by atoms with Gasteiger partial charge in [-0.1, -0.05) is 42.5 Å². The van der Waals surface area contributed by atoms with Gasteiger partial charge < -0.3 is 21.2 Å². The van der Waals surface area contributed by atoms with Crippen molar-refractivity contribution in [2.75, 3.05) is 5.32 Å². The summed E-state index contributed by atoms with van der Waals surface area (Å²) in [7, 11) is 0. The molecule has 3 amide bonds. The predicted molar refractivity (Wildman–Crippen MR) is 138 cm³/mol. The summed E-state index contributed by atoms with van der Waals surface area (Å²) < 4.78 is 0.660. The molecule has 4 rings (SSSR count). The maximum absolute atomic E-state index is 12.9. The molecule has 0 spiro atoms. The lowest BCUT2D eigenvalue weighted by Crippen LogP contribution is -2.29. The van der Waals surface area contributed by atoms with Crippen LogP contribution in [0.25, 0.3) is 10.2 Å². The zero-order valence-corrected chi connectivity index (χ0v) is 19.9. The zero-order valence-electron chi connectivity index (χ0n) is 19.1. The van der Waals surface area contributed by atoms with Gasteiger partial charge in [0.1, 0.15) is 18.2 Å². The van der Waals surface area contributed by atoms with Gasteiger partial charge in [0, 0.05) is 5.69 Å². The summed E-state index contributed by atoms with van der Waals surface area (Å²) in [5, 5.41) is 5.62. The molecule has 1 heterocycles. The average Bonchev–Trinajstić information content (AvgIpc) is 3.31. The molecule has 4 N–H and O–H groups in total. The molecule has 0 aliphatic carbocycles. The number of amidine groups is 1. The fraction of sp³-hybridized carbons (Fsp3) is 0.0769. The molecule has 0 fully saturated rings. The Kier molecular flexibility index (Phi) is 7.26. The highest BCUT2D eigenvalue weighted by molar-refractivity contribution is 7.20. The van der Waals surface area contributed by atoms with Crippen LogP contribution in [0.4, 0.5) is 5.69 Å². The van der Waals surface area contributed by atoms with Crippen LogP contribution in [0.1, 0.15) is 49.0 Å². The van der Waals surface area contributed by atoms with E-state index in [0.29, 0.717) is 27.8 Å². The van der Waals surface area contributed by atoms with E-state index in [4.69, 9.17) is 5.73 Å². The lowest BCUT2D eigenvalue weighted by atomic mass is 10.1. The Morgan fingerprint density at radius 3 is 2.36 bits per heavy atom. The molecule has 1 aromatic heterocycles. The molecule has 36 heavy (non-hydrogen) atoms. The van der Waals surface area contributed by atoms with Crippen molar-refractivity contribution in [1.29, 1.82) is 0 Å². The van der Waals surface area contributed by atoms with Crippen LogP contribution in [-0.2, 0) is 4.79 Å². The zero-order chi connectivity index (χ0) is 25.7. The van der Waals surface area contributed by atoms with Gasteiger partial charge in [0.15, 0.2) is 5.01 Å². The third-order valence-corrected chi connectivity index (χ3v) is 6.12. The van der Waals surface area contributed by atoms with Crippen LogP contribution in [0.5, 0.6) is 0 Å². The molecule has 0 bridgehead atoms. The van der Waals surface area contributed by atoms with Gasteiger partial charge in [-0.3, -0.25) is 14.4 Å². The Morgan fingerprint density at radius 2 is 1.67 bits per heavy atom. The number of aldehydes is 1. The molecular formula is C26H21N5O4S. The Morgan fingerprint density at radius 1 is 0.972 bits per heavy atom. The van der Waals surface area contributed by atoms with E-state index in [0.717, 1.165) is 11.3 Å². The first-order valence-electron chi connectivity index (χ1n) is 10.8. The second kappa shape index (κ2) is 10.7. The smallest absolute Gasteiger partial charge is 0.281 e. The van der Waals surface area contributed by atoms with Crippen molar-refractivity contribution in [3.8, 4) is 0 Å². The minimum absolute atomic E-state index is 0.0916. The standard InChI is InChI=1S/C26H21N5O4S/c1-15(27)28-23(33)18-9-5-6-10-19(18)24(34)29-17-11-12-20-22(13-17)36-26(31-20)25(35)30-21(14-32)16-7-3-2-4-8-16/h2-14,21H,1H3,(H,29,34)(H,30,35)(H2,27,28,33)/t21-/m1/s1. The van der Waals surface area contributed by atoms with E-state index < -0.39 is 23.8 Å². The number of carbonyl (C=O) groups excluding carboxylic acids is 4. The topological polar surface area (TPSA) is 144 Å². The van der Waals surface area contributed by atoms with Gasteiger partial charge in [-0.15, -0.1) is 11.3 Å². The SMILES string of the molecule is CC(N)=NC(=O)c1ccccc1C(=O)Nc1ccc2nc(C(=O)N[C@H](C=O)c3ccccc3)sc2c1. The van der Waals surface area contributed by atoms with Crippen LogP contribution in [0.2, 0.25) is 0 Å². The number of nitrogens with two attached hydrogens (primary N) is 1. The summed E-state index contributed by atoms with van der Waals surface area (Å²) in [4.78, 5) is 57.6. The van der Waals surface area contributed by atoms with Gasteiger partial charge in [0.25, 0.3) is 17.7 Å². The Hall–Kier alpha value is -4.70. The van der Waals surface area contributed by atoms with Gasteiger partial charge in [-0.25, -0.2) is 4.98 Å². The second-order valence-corrected chi connectivity index (χ2v) is 8.79. The fourth-order valence-corrected chi connectivity index (χ4v) is 4.35. The summed E-state index contributed by atoms with van der Waals surface area (Å²) in [5.41, 5.74) is 7.46. The van der Waals surface area contributed by atoms with Gasteiger partial charge in [-0.2, -0.15) is 4.99 Å². The van der Waals surface area contributed by atoms with Crippen molar-refractivity contribution in [2.45, 2.75) is 13.0 Å². The van der Waals surface area contributed by atoms with Crippen molar-refractivity contribution < 1.29 is 19.2 Å². The number of nitrogens with zero attached hydrogens (tertiary/aromatic N) is 2. The number of aromatic nitrogens is 1. The predicted octanol–water partition coefficient (Wildman–Crippen LogP) is 3.74. The van der Waals surface area contributed by atoms with Gasteiger partial charge in [0.2, 0.25) is 0 Å². The molecule has 3 aromatic carbocycles. The maximum atomic E-state index is 12.9. The summed E-state index contributed by atoms with van der Waals surface area (Å²) in [6.45, 7) is 1.49. The van der Waals surface area contributed by atoms with Crippen LogP contribution in [0.15, 0.2) is 77.8 Å². The molecule has 0 saturated heterocycles. The molecule has 0 aliphatic rings. The first-order valence-corrected chi connectivity index (χ1v) is 11.6. The average molecular weight is 500 g/mol. The first kappa shape index (κ1) is 24.4. The van der Waals surface area contributed by atoms with E-state index in [9.17, 15) is 19.2 Å². The summed E-state index contributed by atoms with van der Waals surface area (Å²) in [5.74, 6) is -1.50. The molecule has 0 saturated carbocycles. The molecule has 4 aromatic rings. The van der Waals surface area contributed by atoms with Crippen molar-refractivity contribution >= 4 is 57.1 Å². The van der Waals surface area contributed by atoms with Gasteiger partial charge in [-0.05, 0) is 42.8 Å². The quantitative estimate of drug-likeness (QED) is 0.201. The number of amides is 3. The number of anilines is 1. The highest BCUT2D eigenvalue weighted by Crippen LogP contribution is 2.26. The van der Waals surface area contributed by atoms with Crippen LogP contribution < -0.4 is 16.4 Å². The lowest BCUT2D eigenvalue weighted by Gasteiger charge is -2.11. The molecule has 0 unspecified atom stereocenters. The summed E-state index contributed by atoms with van der Waals surface area (Å²) >= 11 is 1.13. The number of aliphatic imine (C=N–C) groups is 1. The van der Waals surface area contributed by atoms with Crippen LogP contribution in [0.3, 0.4) is 0 Å². The minimum atomic E-state index is -0.796. The normalized spacial score (nSPS) is 12.1. The number of carbonyl (C=O) groups is 4. The van der Waals surface area contributed by atoms with Crippen molar-refractivity contribution in [1.82, 2.24) is 10.3 Å². The molecule has 0 radical (unpaired) electrons. The summed E-state index contributed by atoms with van der Waals surface area (Å²) in [6, 6.07) is 19.4. The first-order chi connectivity index (χ1) is 17.4. The number of benzene rings is 3. The fourth-order valence-electron chi connectivity index (χ4n) is 3.45. The molecule has 9 nitrogen and oxygen atoms in total. The number of hydrogen-bond acceptors (Lipinski definition) is 6. The van der Waals surface area contributed by atoms with E-state index in [1.54, 1.807) is 54.6 Å². The van der Waals surface area contributed by atoms with Crippen molar-refractivity contribution in [3.05, 3.63) is 94.5 Å². The Bertz CT molecular complexity index is 1490. The highest BCUT2D eigenvalue weighted by Gasteiger charge is 2.19.